The van der Waals surface area contributed by atoms with Crippen molar-refractivity contribution >= 4 is 0 Å². The zero-order valence-electron chi connectivity index (χ0n) is 14.4. The van der Waals surface area contributed by atoms with Gasteiger partial charge in [0.15, 0.2) is 0 Å². The van der Waals surface area contributed by atoms with Gasteiger partial charge in [0, 0.05) is 0 Å². The maximum absolute atomic E-state index is 5.26. The van der Waals surface area contributed by atoms with E-state index in [0.29, 0.717) is 0 Å². The van der Waals surface area contributed by atoms with Crippen molar-refractivity contribution in [3.8, 4) is 22.6 Å². The molecule has 3 rings (SSSR count). The molecule has 0 radical (unpaired) electrons. The molecule has 0 saturated carbocycles. The molecule has 3 aromatic carbocycles. The first-order chi connectivity index (χ1) is 11.7. The van der Waals surface area contributed by atoms with Crippen LogP contribution in [0, 0.1) is 6.92 Å². The van der Waals surface area contributed by atoms with Crippen LogP contribution in [0.25, 0.3) is 11.1 Å². The fourth-order valence-electron chi connectivity index (χ4n) is 2.85. The third kappa shape index (κ3) is 3.60. The molecular formula is C22H22O2. The summed E-state index contributed by atoms with van der Waals surface area (Å²) in [5.74, 6) is 1.76. The largest absolute Gasteiger partial charge is 0.497 e. The summed E-state index contributed by atoms with van der Waals surface area (Å²) in [5.41, 5.74) is 6.33. The highest BCUT2D eigenvalue weighted by Crippen LogP contribution is 2.29. The minimum Gasteiger partial charge on any atom is -0.497 e. The number of ether oxygens (including phenoxy) is 2. The Balaban J connectivity index is 1.94. The Kier molecular flexibility index (Phi) is 4.85. The number of benzene rings is 3. The third-order valence-corrected chi connectivity index (χ3v) is 4.22. The molecule has 0 aromatic heterocycles. The van der Waals surface area contributed by atoms with Crippen LogP contribution in [0.3, 0.4) is 0 Å². The summed E-state index contributed by atoms with van der Waals surface area (Å²) >= 11 is 0. The average molecular weight is 318 g/mol. The van der Waals surface area contributed by atoms with Gasteiger partial charge in [0.1, 0.15) is 11.5 Å². The van der Waals surface area contributed by atoms with Crippen LogP contribution in [0.5, 0.6) is 11.5 Å². The van der Waals surface area contributed by atoms with E-state index in [1.54, 1.807) is 14.2 Å². The Labute approximate surface area is 143 Å². The molecule has 0 N–H and O–H groups in total. The molecule has 0 aliphatic rings. The van der Waals surface area contributed by atoms with E-state index in [-0.39, 0.29) is 0 Å². The van der Waals surface area contributed by atoms with E-state index in [1.807, 2.05) is 24.3 Å². The van der Waals surface area contributed by atoms with Crippen molar-refractivity contribution in [3.63, 3.8) is 0 Å². The van der Waals surface area contributed by atoms with Crippen LogP contribution < -0.4 is 9.47 Å². The van der Waals surface area contributed by atoms with Gasteiger partial charge in [0.05, 0.1) is 14.2 Å². The zero-order valence-corrected chi connectivity index (χ0v) is 14.4. The lowest BCUT2D eigenvalue weighted by Gasteiger charge is -2.12. The molecule has 0 aliphatic heterocycles. The first-order valence-electron chi connectivity index (χ1n) is 8.06. The zero-order chi connectivity index (χ0) is 16.9. The molecule has 0 heterocycles. The first kappa shape index (κ1) is 16.1. The van der Waals surface area contributed by atoms with Crippen molar-refractivity contribution in [3.05, 3.63) is 83.4 Å². The summed E-state index contributed by atoms with van der Waals surface area (Å²) in [6.07, 6.45) is 0.894. The summed E-state index contributed by atoms with van der Waals surface area (Å²) in [7, 11) is 3.38. The molecule has 3 aromatic rings. The van der Waals surface area contributed by atoms with Crippen LogP contribution >= 0.6 is 0 Å². The Morgan fingerprint density at radius 3 is 1.88 bits per heavy atom. The maximum Gasteiger partial charge on any atom is 0.118 e. The molecule has 0 unspecified atom stereocenters. The molecule has 0 spiro atoms. The molecule has 0 atom stereocenters. The van der Waals surface area contributed by atoms with Gasteiger partial charge in [-0.25, -0.2) is 0 Å². The Morgan fingerprint density at radius 2 is 1.29 bits per heavy atom. The van der Waals surface area contributed by atoms with E-state index in [0.717, 1.165) is 17.9 Å². The number of hydrogen-bond donors (Lipinski definition) is 0. The molecule has 0 amide bonds. The van der Waals surface area contributed by atoms with Crippen molar-refractivity contribution < 1.29 is 9.47 Å². The monoisotopic (exact) mass is 318 g/mol. The molecule has 0 fully saturated rings. The molecule has 0 aliphatic carbocycles. The standard InChI is InChI=1S/C22H22O2/c1-16-4-7-19(15-17-5-10-20(23-2)11-6-17)22(14-16)18-8-12-21(24-3)13-9-18/h4-14H,15H2,1-3H3. The Hall–Kier alpha value is -2.74. The van der Waals surface area contributed by atoms with Gasteiger partial charge < -0.3 is 9.47 Å². The lowest BCUT2D eigenvalue weighted by Crippen LogP contribution is -1.94. The van der Waals surface area contributed by atoms with Gasteiger partial charge in [-0.2, -0.15) is 0 Å². The summed E-state index contributed by atoms with van der Waals surface area (Å²) in [4.78, 5) is 0. The van der Waals surface area contributed by atoms with Crippen molar-refractivity contribution in [1.82, 2.24) is 0 Å². The van der Waals surface area contributed by atoms with Gasteiger partial charge in [-0.3, -0.25) is 0 Å². The van der Waals surface area contributed by atoms with E-state index in [2.05, 4.69) is 49.4 Å². The molecule has 0 saturated heterocycles. The normalized spacial score (nSPS) is 10.5. The van der Waals surface area contributed by atoms with Gasteiger partial charge in [0.25, 0.3) is 0 Å². The summed E-state index contributed by atoms with van der Waals surface area (Å²) in [6.45, 7) is 2.13. The van der Waals surface area contributed by atoms with E-state index >= 15 is 0 Å². The highest BCUT2D eigenvalue weighted by atomic mass is 16.5. The van der Waals surface area contributed by atoms with Crippen molar-refractivity contribution in [2.45, 2.75) is 13.3 Å². The lowest BCUT2D eigenvalue weighted by molar-refractivity contribution is 0.414. The fraction of sp³-hybridized carbons (Fsp3) is 0.182. The summed E-state index contributed by atoms with van der Waals surface area (Å²) in [5, 5.41) is 0. The second kappa shape index (κ2) is 7.22. The third-order valence-electron chi connectivity index (χ3n) is 4.22. The predicted molar refractivity (Wildman–Crippen MR) is 99.0 cm³/mol. The Morgan fingerprint density at radius 1 is 0.708 bits per heavy atom. The smallest absolute Gasteiger partial charge is 0.118 e. The molecular weight excluding hydrogens is 296 g/mol. The van der Waals surface area contributed by atoms with E-state index in [9.17, 15) is 0 Å². The fourth-order valence-corrected chi connectivity index (χ4v) is 2.85. The van der Waals surface area contributed by atoms with Crippen LogP contribution in [-0.4, -0.2) is 14.2 Å². The molecule has 24 heavy (non-hydrogen) atoms. The van der Waals surface area contributed by atoms with E-state index in [1.165, 1.54) is 27.8 Å². The van der Waals surface area contributed by atoms with Crippen LogP contribution in [-0.2, 0) is 6.42 Å². The first-order valence-corrected chi connectivity index (χ1v) is 8.06. The second-order valence-electron chi connectivity index (χ2n) is 5.91. The number of hydrogen-bond acceptors (Lipinski definition) is 2. The summed E-state index contributed by atoms with van der Waals surface area (Å²) < 4.78 is 10.5. The van der Waals surface area contributed by atoms with Gasteiger partial charge >= 0.3 is 0 Å². The minimum absolute atomic E-state index is 0.878. The van der Waals surface area contributed by atoms with E-state index in [4.69, 9.17) is 9.47 Å². The second-order valence-corrected chi connectivity index (χ2v) is 5.91. The van der Waals surface area contributed by atoms with Crippen LogP contribution in [0.15, 0.2) is 66.7 Å². The van der Waals surface area contributed by atoms with Gasteiger partial charge in [-0.15, -0.1) is 0 Å². The van der Waals surface area contributed by atoms with Gasteiger partial charge in [0.2, 0.25) is 0 Å². The van der Waals surface area contributed by atoms with Crippen LogP contribution in [0.1, 0.15) is 16.7 Å². The van der Waals surface area contributed by atoms with Crippen molar-refractivity contribution in [2.75, 3.05) is 14.2 Å². The van der Waals surface area contributed by atoms with E-state index < -0.39 is 0 Å². The quantitative estimate of drug-likeness (QED) is 0.638. The molecule has 2 heteroatoms. The van der Waals surface area contributed by atoms with Crippen molar-refractivity contribution in [2.24, 2.45) is 0 Å². The molecule has 122 valence electrons. The lowest BCUT2D eigenvalue weighted by atomic mass is 9.93. The SMILES string of the molecule is COc1ccc(Cc2ccc(C)cc2-c2ccc(OC)cc2)cc1. The van der Waals surface area contributed by atoms with Gasteiger partial charge in [-0.1, -0.05) is 48.0 Å². The minimum atomic E-state index is 0.878. The average Bonchev–Trinajstić information content (AvgIpc) is 2.64. The molecule has 2 nitrogen and oxygen atoms in total. The van der Waals surface area contributed by atoms with Gasteiger partial charge in [-0.05, 0) is 59.9 Å². The maximum atomic E-state index is 5.26. The Bertz CT molecular complexity index is 802. The van der Waals surface area contributed by atoms with Crippen molar-refractivity contribution in [1.29, 1.82) is 0 Å². The van der Waals surface area contributed by atoms with Crippen LogP contribution in [0.2, 0.25) is 0 Å². The van der Waals surface area contributed by atoms with Crippen LogP contribution in [0.4, 0.5) is 0 Å². The number of rotatable bonds is 5. The highest BCUT2D eigenvalue weighted by Gasteiger charge is 2.07. The topological polar surface area (TPSA) is 18.5 Å². The summed E-state index contributed by atoms with van der Waals surface area (Å²) in [6, 6.07) is 23.2. The highest BCUT2D eigenvalue weighted by molar-refractivity contribution is 5.69. The predicted octanol–water partition coefficient (Wildman–Crippen LogP) is 5.27. The molecule has 0 bridgehead atoms. The number of aryl methyl sites for hydroxylation is 1. The number of methoxy groups -OCH3 is 2.